The van der Waals surface area contributed by atoms with E-state index in [2.05, 4.69) is 20.9 Å². The number of nitro groups is 1. The highest BCUT2D eigenvalue weighted by atomic mass is 79.9. The Kier molecular flexibility index (Phi) is 3.88. The summed E-state index contributed by atoms with van der Waals surface area (Å²) in [5.74, 6) is 0.558. The number of ether oxygens (including phenoxy) is 1. The van der Waals surface area contributed by atoms with Gasteiger partial charge in [0.25, 0.3) is 5.69 Å². The molecule has 0 aliphatic heterocycles. The third-order valence-electron chi connectivity index (χ3n) is 2.26. The zero-order valence-electron chi connectivity index (χ0n) is 9.25. The minimum absolute atomic E-state index is 0.0560. The molecule has 1 aromatic heterocycles. The molecule has 6 heteroatoms. The fourth-order valence-electron chi connectivity index (χ4n) is 1.44. The molecule has 0 saturated carbocycles. The molecule has 0 aliphatic rings. The molecule has 0 bridgehead atoms. The lowest BCUT2D eigenvalue weighted by molar-refractivity contribution is -0.385. The standard InChI is InChI=1S/C12H9BrN2O3/c13-10-5-11(7-14-6-10)18-8-9-3-1-2-4-12(9)15(16)17/h1-7H,8H2. The number of hydrogen-bond acceptors (Lipinski definition) is 4. The molecule has 92 valence electrons. The number of aromatic nitrogens is 1. The second kappa shape index (κ2) is 5.59. The lowest BCUT2D eigenvalue weighted by Gasteiger charge is -2.06. The largest absolute Gasteiger partial charge is 0.487 e. The molecule has 0 spiro atoms. The monoisotopic (exact) mass is 308 g/mol. The number of halogens is 1. The minimum Gasteiger partial charge on any atom is -0.487 e. The maximum atomic E-state index is 10.8. The highest BCUT2D eigenvalue weighted by molar-refractivity contribution is 9.10. The summed E-state index contributed by atoms with van der Waals surface area (Å²) >= 11 is 3.28. The van der Waals surface area contributed by atoms with E-state index in [1.165, 1.54) is 6.07 Å². The summed E-state index contributed by atoms with van der Waals surface area (Å²) in [6, 6.07) is 8.25. The van der Waals surface area contributed by atoms with Crippen LogP contribution < -0.4 is 4.74 Å². The zero-order chi connectivity index (χ0) is 13.0. The van der Waals surface area contributed by atoms with Gasteiger partial charge in [0, 0.05) is 16.7 Å². The molecule has 18 heavy (non-hydrogen) atoms. The van der Waals surface area contributed by atoms with Crippen molar-refractivity contribution in [2.75, 3.05) is 0 Å². The highest BCUT2D eigenvalue weighted by Gasteiger charge is 2.12. The van der Waals surface area contributed by atoms with Crippen LogP contribution in [0.2, 0.25) is 0 Å². The lowest BCUT2D eigenvalue weighted by atomic mass is 10.2. The molecule has 1 aromatic carbocycles. The predicted molar refractivity (Wildman–Crippen MR) is 69.4 cm³/mol. The number of nitrogens with zero attached hydrogens (tertiary/aromatic N) is 2. The van der Waals surface area contributed by atoms with E-state index >= 15 is 0 Å². The normalized spacial score (nSPS) is 10.1. The fourth-order valence-corrected chi connectivity index (χ4v) is 1.79. The van der Waals surface area contributed by atoms with Crippen LogP contribution in [0.4, 0.5) is 5.69 Å². The van der Waals surface area contributed by atoms with Gasteiger partial charge in [-0.3, -0.25) is 15.1 Å². The van der Waals surface area contributed by atoms with Gasteiger partial charge in [0.1, 0.15) is 12.4 Å². The number of hydrogen-bond donors (Lipinski definition) is 0. The van der Waals surface area contributed by atoms with Gasteiger partial charge in [0.2, 0.25) is 0 Å². The first-order valence-corrected chi connectivity index (χ1v) is 5.92. The second-order valence-electron chi connectivity index (χ2n) is 3.51. The molecule has 0 amide bonds. The van der Waals surface area contributed by atoms with Gasteiger partial charge in [-0.15, -0.1) is 0 Å². The summed E-state index contributed by atoms with van der Waals surface area (Å²) in [6.07, 6.45) is 3.19. The van der Waals surface area contributed by atoms with Crippen LogP contribution in [0, 0.1) is 10.1 Å². The Morgan fingerprint density at radius 2 is 2.11 bits per heavy atom. The highest BCUT2D eigenvalue weighted by Crippen LogP contribution is 2.21. The summed E-state index contributed by atoms with van der Waals surface area (Å²) < 4.78 is 6.26. The zero-order valence-corrected chi connectivity index (χ0v) is 10.8. The fraction of sp³-hybridized carbons (Fsp3) is 0.0833. The quantitative estimate of drug-likeness (QED) is 0.642. The maximum Gasteiger partial charge on any atom is 0.276 e. The maximum absolute atomic E-state index is 10.8. The van der Waals surface area contributed by atoms with Crippen LogP contribution >= 0.6 is 15.9 Å². The van der Waals surface area contributed by atoms with E-state index in [-0.39, 0.29) is 12.3 Å². The van der Waals surface area contributed by atoms with Gasteiger partial charge >= 0.3 is 0 Å². The summed E-state index contributed by atoms with van der Waals surface area (Å²) in [5.41, 5.74) is 0.586. The van der Waals surface area contributed by atoms with Crippen LogP contribution in [-0.4, -0.2) is 9.91 Å². The summed E-state index contributed by atoms with van der Waals surface area (Å²) in [4.78, 5) is 14.3. The summed E-state index contributed by atoms with van der Waals surface area (Å²) in [6.45, 7) is 0.134. The minimum atomic E-state index is -0.419. The topological polar surface area (TPSA) is 65.3 Å². The first kappa shape index (κ1) is 12.5. The van der Waals surface area contributed by atoms with E-state index in [1.54, 1.807) is 36.7 Å². The first-order chi connectivity index (χ1) is 8.66. The lowest BCUT2D eigenvalue weighted by Crippen LogP contribution is -2.00. The van der Waals surface area contributed by atoms with Crippen LogP contribution in [-0.2, 0) is 6.61 Å². The molecule has 0 unspecified atom stereocenters. The Morgan fingerprint density at radius 3 is 2.83 bits per heavy atom. The van der Waals surface area contributed by atoms with E-state index in [4.69, 9.17) is 4.74 Å². The predicted octanol–water partition coefficient (Wildman–Crippen LogP) is 3.33. The SMILES string of the molecule is O=[N+]([O-])c1ccccc1COc1cncc(Br)c1. The van der Waals surface area contributed by atoms with Crippen molar-refractivity contribution in [3.8, 4) is 5.75 Å². The molecule has 5 nitrogen and oxygen atoms in total. The van der Waals surface area contributed by atoms with Crippen molar-refractivity contribution in [2.24, 2.45) is 0 Å². The van der Waals surface area contributed by atoms with Gasteiger partial charge in [-0.25, -0.2) is 0 Å². The van der Waals surface area contributed by atoms with Gasteiger partial charge in [0.05, 0.1) is 16.7 Å². The van der Waals surface area contributed by atoms with E-state index in [0.29, 0.717) is 11.3 Å². The Balaban J connectivity index is 2.13. The molecule has 2 rings (SSSR count). The van der Waals surface area contributed by atoms with Crippen molar-refractivity contribution in [3.05, 3.63) is 62.9 Å². The van der Waals surface area contributed by atoms with Gasteiger partial charge < -0.3 is 4.74 Å². The molecular formula is C12H9BrN2O3. The van der Waals surface area contributed by atoms with Crippen LogP contribution in [0.25, 0.3) is 0 Å². The van der Waals surface area contributed by atoms with Crippen molar-refractivity contribution < 1.29 is 9.66 Å². The van der Waals surface area contributed by atoms with Crippen LogP contribution in [0.15, 0.2) is 47.2 Å². The van der Waals surface area contributed by atoms with Gasteiger partial charge in [-0.1, -0.05) is 12.1 Å². The van der Waals surface area contributed by atoms with Crippen LogP contribution in [0.5, 0.6) is 5.75 Å². The van der Waals surface area contributed by atoms with Crippen molar-refractivity contribution in [1.29, 1.82) is 0 Å². The Labute approximate surface area is 112 Å². The van der Waals surface area contributed by atoms with Gasteiger partial charge in [0.15, 0.2) is 0 Å². The van der Waals surface area contributed by atoms with Crippen molar-refractivity contribution >= 4 is 21.6 Å². The number of rotatable bonds is 4. The van der Waals surface area contributed by atoms with Crippen LogP contribution in [0.1, 0.15) is 5.56 Å². The van der Waals surface area contributed by atoms with E-state index in [0.717, 1.165) is 4.47 Å². The Hall–Kier alpha value is -1.95. The Morgan fingerprint density at radius 1 is 1.33 bits per heavy atom. The Bertz CT molecular complexity index is 575. The number of nitro benzene ring substituents is 1. The van der Waals surface area contributed by atoms with Crippen molar-refractivity contribution in [2.45, 2.75) is 6.61 Å². The van der Waals surface area contributed by atoms with E-state index in [9.17, 15) is 10.1 Å². The van der Waals surface area contributed by atoms with E-state index < -0.39 is 4.92 Å². The molecule has 0 fully saturated rings. The number of para-hydroxylation sites is 1. The smallest absolute Gasteiger partial charge is 0.276 e. The molecule has 0 atom stereocenters. The molecule has 0 radical (unpaired) electrons. The second-order valence-corrected chi connectivity index (χ2v) is 4.43. The summed E-state index contributed by atoms with van der Waals surface area (Å²) in [5, 5.41) is 10.8. The summed E-state index contributed by atoms with van der Waals surface area (Å²) in [7, 11) is 0. The van der Waals surface area contributed by atoms with E-state index in [1.807, 2.05) is 0 Å². The van der Waals surface area contributed by atoms with Gasteiger partial charge in [-0.2, -0.15) is 0 Å². The third kappa shape index (κ3) is 3.04. The molecule has 0 N–H and O–H groups in total. The first-order valence-electron chi connectivity index (χ1n) is 5.12. The molecule has 2 aromatic rings. The third-order valence-corrected chi connectivity index (χ3v) is 2.70. The van der Waals surface area contributed by atoms with Crippen molar-refractivity contribution in [1.82, 2.24) is 4.98 Å². The van der Waals surface area contributed by atoms with Gasteiger partial charge in [-0.05, 0) is 28.1 Å². The molecule has 0 saturated heterocycles. The van der Waals surface area contributed by atoms with Crippen molar-refractivity contribution in [3.63, 3.8) is 0 Å². The average molecular weight is 309 g/mol. The molecule has 1 heterocycles. The van der Waals surface area contributed by atoms with Crippen LogP contribution in [0.3, 0.4) is 0 Å². The number of benzene rings is 1. The number of pyridine rings is 1. The molecule has 0 aliphatic carbocycles. The average Bonchev–Trinajstić information content (AvgIpc) is 2.37. The molecular weight excluding hydrogens is 300 g/mol.